The van der Waals surface area contributed by atoms with Crippen LogP contribution in [-0.2, 0) is 4.74 Å². The summed E-state index contributed by atoms with van der Waals surface area (Å²) < 4.78 is 5.31. The van der Waals surface area contributed by atoms with E-state index in [2.05, 4.69) is 25.8 Å². The van der Waals surface area contributed by atoms with E-state index in [1.165, 1.54) is 0 Å². The normalized spacial score (nSPS) is 10.8. The van der Waals surface area contributed by atoms with Crippen LogP contribution in [0.4, 0.5) is 0 Å². The Kier molecular flexibility index (Phi) is 6.98. The van der Waals surface area contributed by atoms with Crippen molar-refractivity contribution in [2.45, 2.75) is 20.3 Å². The lowest BCUT2D eigenvalue weighted by molar-refractivity contribution is 0.113. The molecule has 0 aromatic carbocycles. The second-order valence-corrected chi connectivity index (χ2v) is 2.51. The van der Waals surface area contributed by atoms with Crippen LogP contribution in [0.25, 0.3) is 0 Å². The lowest BCUT2D eigenvalue weighted by Crippen LogP contribution is -2.22. The number of hydrogen-bond donors (Lipinski definition) is 0. The molecular formula is C8H19NO. The Morgan fingerprint density at radius 3 is 2.40 bits per heavy atom. The second-order valence-electron chi connectivity index (χ2n) is 2.51. The molecule has 2 heteroatoms. The third kappa shape index (κ3) is 6.05. The van der Waals surface area contributed by atoms with Crippen molar-refractivity contribution in [1.82, 2.24) is 4.90 Å². The van der Waals surface area contributed by atoms with Gasteiger partial charge in [-0.15, -0.1) is 0 Å². The Labute approximate surface area is 64.2 Å². The van der Waals surface area contributed by atoms with Crippen LogP contribution in [0.15, 0.2) is 0 Å². The summed E-state index contributed by atoms with van der Waals surface area (Å²) in [7, 11) is 2.11. The van der Waals surface area contributed by atoms with Crippen molar-refractivity contribution in [3.8, 4) is 0 Å². The summed E-state index contributed by atoms with van der Waals surface area (Å²) >= 11 is 0. The Bertz CT molecular complexity index is 66.3. The van der Waals surface area contributed by atoms with Gasteiger partial charge in [-0.2, -0.15) is 0 Å². The molecule has 0 bridgehead atoms. The lowest BCUT2D eigenvalue weighted by atomic mass is 10.5. The number of ether oxygens (including phenoxy) is 1. The Morgan fingerprint density at radius 1 is 1.20 bits per heavy atom. The molecule has 0 N–H and O–H groups in total. The molecule has 0 amide bonds. The summed E-state index contributed by atoms with van der Waals surface area (Å²) in [4.78, 5) is 2.25. The van der Waals surface area contributed by atoms with Crippen LogP contribution in [0, 0.1) is 0 Å². The first kappa shape index (κ1) is 9.92. The predicted octanol–water partition coefficient (Wildman–Crippen LogP) is 1.36. The molecule has 0 aliphatic heterocycles. The summed E-state index contributed by atoms with van der Waals surface area (Å²) in [6.45, 7) is 8.21. The molecule has 62 valence electrons. The van der Waals surface area contributed by atoms with Crippen molar-refractivity contribution in [2.24, 2.45) is 0 Å². The maximum atomic E-state index is 5.31. The highest BCUT2D eigenvalue weighted by molar-refractivity contribution is 4.44. The first-order chi connectivity index (χ1) is 4.81. The zero-order valence-electron chi connectivity index (χ0n) is 7.39. The minimum atomic E-state index is 0.873. The van der Waals surface area contributed by atoms with E-state index in [0.29, 0.717) is 0 Å². The minimum Gasteiger partial charge on any atom is -0.380 e. The van der Waals surface area contributed by atoms with E-state index in [4.69, 9.17) is 4.74 Å². The fraction of sp³-hybridized carbons (Fsp3) is 1.00. The van der Waals surface area contributed by atoms with Gasteiger partial charge in [0.05, 0.1) is 6.61 Å². The molecule has 0 spiro atoms. The monoisotopic (exact) mass is 145 g/mol. The number of hydrogen-bond acceptors (Lipinski definition) is 2. The van der Waals surface area contributed by atoms with Gasteiger partial charge in [0.2, 0.25) is 0 Å². The average Bonchev–Trinajstić information content (AvgIpc) is 1.98. The van der Waals surface area contributed by atoms with E-state index >= 15 is 0 Å². The van der Waals surface area contributed by atoms with E-state index in [0.717, 1.165) is 32.7 Å². The van der Waals surface area contributed by atoms with Crippen molar-refractivity contribution >= 4 is 0 Å². The van der Waals surface area contributed by atoms with Crippen LogP contribution in [-0.4, -0.2) is 38.3 Å². The van der Waals surface area contributed by atoms with E-state index in [-0.39, 0.29) is 0 Å². The summed E-state index contributed by atoms with van der Waals surface area (Å²) in [6, 6.07) is 0. The smallest absolute Gasteiger partial charge is 0.0593 e. The molecule has 0 aliphatic carbocycles. The number of nitrogens with zero attached hydrogens (tertiary/aromatic N) is 1. The van der Waals surface area contributed by atoms with E-state index in [9.17, 15) is 0 Å². The third-order valence-electron chi connectivity index (χ3n) is 1.51. The second kappa shape index (κ2) is 7.03. The molecule has 0 saturated carbocycles. The summed E-state index contributed by atoms with van der Waals surface area (Å²) in [5, 5.41) is 0. The fourth-order valence-electron chi connectivity index (χ4n) is 0.625. The molecule has 10 heavy (non-hydrogen) atoms. The van der Waals surface area contributed by atoms with Crippen molar-refractivity contribution in [1.29, 1.82) is 0 Å². The third-order valence-corrected chi connectivity index (χ3v) is 1.51. The number of likely N-dealkylation sites (N-methyl/N-ethyl adjacent to an activating group) is 1. The zero-order chi connectivity index (χ0) is 7.82. The van der Waals surface area contributed by atoms with E-state index in [1.807, 2.05) is 0 Å². The highest BCUT2D eigenvalue weighted by Crippen LogP contribution is 1.83. The Morgan fingerprint density at radius 2 is 1.90 bits per heavy atom. The quantitative estimate of drug-likeness (QED) is 0.523. The molecule has 0 radical (unpaired) electrons. The van der Waals surface area contributed by atoms with Crippen molar-refractivity contribution < 1.29 is 4.74 Å². The van der Waals surface area contributed by atoms with Crippen LogP contribution in [0.1, 0.15) is 20.3 Å². The molecule has 2 nitrogen and oxygen atoms in total. The van der Waals surface area contributed by atoms with Crippen LogP contribution >= 0.6 is 0 Å². The standard InChI is InChI=1S/C8H19NO/c1-4-7-10-8-6-9(3)5-2/h4-8H2,1-3H3. The van der Waals surface area contributed by atoms with Gasteiger partial charge in [0.15, 0.2) is 0 Å². The maximum Gasteiger partial charge on any atom is 0.0593 e. The van der Waals surface area contributed by atoms with Crippen molar-refractivity contribution in [3.63, 3.8) is 0 Å². The highest BCUT2D eigenvalue weighted by atomic mass is 16.5. The van der Waals surface area contributed by atoms with Gasteiger partial charge in [0, 0.05) is 13.2 Å². The van der Waals surface area contributed by atoms with Crippen LogP contribution < -0.4 is 0 Å². The molecule has 0 unspecified atom stereocenters. The van der Waals surface area contributed by atoms with Gasteiger partial charge in [-0.3, -0.25) is 0 Å². The molecule has 0 heterocycles. The predicted molar refractivity (Wildman–Crippen MR) is 44.3 cm³/mol. The van der Waals surface area contributed by atoms with Gasteiger partial charge in [-0.25, -0.2) is 0 Å². The SMILES string of the molecule is CCCOCCN(C)CC. The van der Waals surface area contributed by atoms with Gasteiger partial charge in [-0.05, 0) is 20.0 Å². The van der Waals surface area contributed by atoms with E-state index in [1.54, 1.807) is 0 Å². The molecule has 0 aromatic heterocycles. The van der Waals surface area contributed by atoms with Crippen LogP contribution in [0.3, 0.4) is 0 Å². The lowest BCUT2D eigenvalue weighted by Gasteiger charge is -2.12. The molecule has 0 fully saturated rings. The molecular weight excluding hydrogens is 126 g/mol. The van der Waals surface area contributed by atoms with Crippen molar-refractivity contribution in [3.05, 3.63) is 0 Å². The minimum absolute atomic E-state index is 0.873. The fourth-order valence-corrected chi connectivity index (χ4v) is 0.625. The summed E-state index contributed by atoms with van der Waals surface area (Å²) in [5.41, 5.74) is 0. The molecule has 0 saturated heterocycles. The van der Waals surface area contributed by atoms with Crippen LogP contribution in [0.5, 0.6) is 0 Å². The van der Waals surface area contributed by atoms with Gasteiger partial charge < -0.3 is 9.64 Å². The number of rotatable bonds is 6. The largest absolute Gasteiger partial charge is 0.380 e. The topological polar surface area (TPSA) is 12.5 Å². The molecule has 0 atom stereocenters. The molecule has 0 rings (SSSR count). The van der Waals surface area contributed by atoms with Gasteiger partial charge in [0.1, 0.15) is 0 Å². The highest BCUT2D eigenvalue weighted by Gasteiger charge is 1.91. The van der Waals surface area contributed by atoms with Gasteiger partial charge >= 0.3 is 0 Å². The van der Waals surface area contributed by atoms with Gasteiger partial charge in [-0.1, -0.05) is 13.8 Å². The Hall–Kier alpha value is -0.0800. The Balaban J connectivity index is 2.89. The summed E-state index contributed by atoms with van der Waals surface area (Å²) in [6.07, 6.45) is 1.12. The molecule has 0 aliphatic rings. The van der Waals surface area contributed by atoms with Gasteiger partial charge in [0.25, 0.3) is 0 Å². The molecule has 0 aromatic rings. The van der Waals surface area contributed by atoms with E-state index < -0.39 is 0 Å². The summed E-state index contributed by atoms with van der Waals surface area (Å²) in [5.74, 6) is 0. The first-order valence-electron chi connectivity index (χ1n) is 4.07. The average molecular weight is 145 g/mol. The van der Waals surface area contributed by atoms with Crippen molar-refractivity contribution in [2.75, 3.05) is 33.4 Å². The van der Waals surface area contributed by atoms with Crippen LogP contribution in [0.2, 0.25) is 0 Å². The zero-order valence-corrected chi connectivity index (χ0v) is 7.39. The maximum absolute atomic E-state index is 5.31. The first-order valence-corrected chi connectivity index (χ1v) is 4.07.